The number of anilines is 1. The van der Waals surface area contributed by atoms with E-state index in [4.69, 9.17) is 0 Å². The van der Waals surface area contributed by atoms with E-state index < -0.39 is 0 Å². The van der Waals surface area contributed by atoms with E-state index in [1.54, 1.807) is 6.20 Å². The van der Waals surface area contributed by atoms with Crippen LogP contribution in [-0.2, 0) is 0 Å². The summed E-state index contributed by atoms with van der Waals surface area (Å²) >= 11 is 0. The molecule has 1 aromatic rings. The second-order valence-electron chi connectivity index (χ2n) is 5.21. The van der Waals surface area contributed by atoms with Gasteiger partial charge in [-0.25, -0.2) is 4.98 Å². The summed E-state index contributed by atoms with van der Waals surface area (Å²) < 4.78 is 0. The lowest BCUT2D eigenvalue weighted by Crippen LogP contribution is -2.48. The van der Waals surface area contributed by atoms with Crippen LogP contribution in [0.2, 0.25) is 0 Å². The lowest BCUT2D eigenvalue weighted by atomic mass is 10.0. The third-order valence-electron chi connectivity index (χ3n) is 3.12. The van der Waals surface area contributed by atoms with Gasteiger partial charge < -0.3 is 15.5 Å². The van der Waals surface area contributed by atoms with Gasteiger partial charge in [0.25, 0.3) is 5.91 Å². The van der Waals surface area contributed by atoms with E-state index in [0.717, 1.165) is 6.54 Å². The molecule has 2 N–H and O–H groups in total. The van der Waals surface area contributed by atoms with Crippen molar-refractivity contribution in [2.24, 2.45) is 0 Å². The van der Waals surface area contributed by atoms with Crippen molar-refractivity contribution in [1.82, 2.24) is 20.2 Å². The monoisotopic (exact) mass is 265 g/mol. The lowest BCUT2D eigenvalue weighted by molar-refractivity contribution is 0.0914. The highest BCUT2D eigenvalue weighted by atomic mass is 16.1. The molecule has 0 atom stereocenters. The van der Waals surface area contributed by atoms with E-state index >= 15 is 0 Å². The van der Waals surface area contributed by atoms with Gasteiger partial charge in [-0.15, -0.1) is 0 Å². The molecule has 106 valence electrons. The van der Waals surface area contributed by atoms with Gasteiger partial charge in [0.05, 0.1) is 12.4 Å². The predicted molar refractivity (Wildman–Crippen MR) is 76.3 cm³/mol. The van der Waals surface area contributed by atoms with Crippen LogP contribution < -0.4 is 10.6 Å². The molecule has 19 heavy (non-hydrogen) atoms. The molecule has 0 bridgehead atoms. The summed E-state index contributed by atoms with van der Waals surface area (Å²) in [5, 5.41) is 5.91. The summed E-state index contributed by atoms with van der Waals surface area (Å²) in [5.74, 6) is 0.407. The van der Waals surface area contributed by atoms with Gasteiger partial charge in [0.2, 0.25) is 0 Å². The molecule has 0 aromatic carbocycles. The summed E-state index contributed by atoms with van der Waals surface area (Å²) in [6, 6.07) is 0. The molecule has 1 rings (SSSR count). The number of rotatable bonds is 6. The quantitative estimate of drug-likeness (QED) is 0.802. The summed E-state index contributed by atoms with van der Waals surface area (Å²) in [6.07, 6.45) is 3.07. The average Bonchev–Trinajstić information content (AvgIpc) is 2.36. The van der Waals surface area contributed by atoms with Crippen molar-refractivity contribution in [3.8, 4) is 0 Å². The van der Waals surface area contributed by atoms with Crippen LogP contribution >= 0.6 is 0 Å². The number of carbonyl (C=O) groups is 1. The standard InChI is InChI=1S/C13H23N5O/c1-6-15-11-8-14-7-10(17-11)12(19)16-9-13(2,3)18(4)5/h7-8H,6,9H2,1-5H3,(H,15,17)(H,16,19). The van der Waals surface area contributed by atoms with Gasteiger partial charge in [0, 0.05) is 18.6 Å². The SMILES string of the molecule is CCNc1cncc(C(=O)NCC(C)(C)N(C)C)n1. The molecule has 0 radical (unpaired) electrons. The third kappa shape index (κ3) is 4.48. The molecule has 6 heteroatoms. The molecule has 0 aliphatic rings. The van der Waals surface area contributed by atoms with Gasteiger partial charge in [-0.2, -0.15) is 0 Å². The fourth-order valence-electron chi connectivity index (χ4n) is 1.29. The van der Waals surface area contributed by atoms with Crippen LogP contribution in [0.1, 0.15) is 31.3 Å². The van der Waals surface area contributed by atoms with Crippen molar-refractivity contribution in [1.29, 1.82) is 0 Å². The Balaban J connectivity index is 2.66. The molecular formula is C13H23N5O. The summed E-state index contributed by atoms with van der Waals surface area (Å²) in [5.41, 5.74) is 0.218. The van der Waals surface area contributed by atoms with E-state index in [-0.39, 0.29) is 11.4 Å². The number of likely N-dealkylation sites (N-methyl/N-ethyl adjacent to an activating group) is 1. The first kappa shape index (κ1) is 15.4. The molecule has 0 saturated carbocycles. The zero-order chi connectivity index (χ0) is 14.5. The summed E-state index contributed by atoms with van der Waals surface area (Å²) in [4.78, 5) is 22.3. The van der Waals surface area contributed by atoms with Gasteiger partial charge in [0.15, 0.2) is 0 Å². The first-order valence-corrected chi connectivity index (χ1v) is 6.38. The van der Waals surface area contributed by atoms with Crippen LogP contribution in [0, 0.1) is 0 Å². The number of amides is 1. The Hall–Kier alpha value is -1.69. The third-order valence-corrected chi connectivity index (χ3v) is 3.12. The van der Waals surface area contributed by atoms with E-state index in [9.17, 15) is 4.79 Å². The minimum atomic E-state index is -0.206. The van der Waals surface area contributed by atoms with Crippen LogP contribution in [0.4, 0.5) is 5.82 Å². The van der Waals surface area contributed by atoms with Crippen molar-refractivity contribution in [3.05, 3.63) is 18.1 Å². The Kier molecular flexibility index (Phi) is 5.23. The van der Waals surface area contributed by atoms with E-state index in [1.165, 1.54) is 6.20 Å². The number of nitrogens with zero attached hydrogens (tertiary/aromatic N) is 3. The van der Waals surface area contributed by atoms with Crippen molar-refractivity contribution < 1.29 is 4.79 Å². The van der Waals surface area contributed by atoms with Gasteiger partial charge in [-0.05, 0) is 34.9 Å². The number of carbonyl (C=O) groups excluding carboxylic acids is 1. The second-order valence-corrected chi connectivity index (χ2v) is 5.21. The van der Waals surface area contributed by atoms with Crippen LogP contribution in [0.15, 0.2) is 12.4 Å². The Bertz CT molecular complexity index is 431. The number of hydrogen-bond acceptors (Lipinski definition) is 5. The van der Waals surface area contributed by atoms with Crippen molar-refractivity contribution in [3.63, 3.8) is 0 Å². The molecule has 1 amide bonds. The minimum absolute atomic E-state index is 0.109. The highest BCUT2D eigenvalue weighted by Crippen LogP contribution is 2.08. The fraction of sp³-hybridized carbons (Fsp3) is 0.615. The Morgan fingerprint density at radius 2 is 2.05 bits per heavy atom. The normalized spacial score (nSPS) is 11.5. The smallest absolute Gasteiger partial charge is 0.271 e. The summed E-state index contributed by atoms with van der Waals surface area (Å²) in [7, 11) is 3.97. The number of nitrogens with one attached hydrogen (secondary N) is 2. The molecule has 0 aliphatic heterocycles. The van der Waals surface area contributed by atoms with Gasteiger partial charge in [0.1, 0.15) is 11.5 Å². The van der Waals surface area contributed by atoms with E-state index in [1.807, 2.05) is 21.0 Å². The van der Waals surface area contributed by atoms with Gasteiger partial charge >= 0.3 is 0 Å². The molecule has 1 aromatic heterocycles. The molecule has 0 fully saturated rings. The zero-order valence-corrected chi connectivity index (χ0v) is 12.3. The first-order chi connectivity index (χ1) is 8.86. The molecule has 6 nitrogen and oxygen atoms in total. The Morgan fingerprint density at radius 1 is 1.37 bits per heavy atom. The average molecular weight is 265 g/mol. The van der Waals surface area contributed by atoms with Gasteiger partial charge in [-0.1, -0.05) is 0 Å². The van der Waals surface area contributed by atoms with E-state index in [0.29, 0.717) is 18.1 Å². The lowest BCUT2D eigenvalue weighted by Gasteiger charge is -2.32. The topological polar surface area (TPSA) is 70.2 Å². The van der Waals surface area contributed by atoms with Crippen LogP contribution in [0.25, 0.3) is 0 Å². The van der Waals surface area contributed by atoms with Crippen LogP contribution in [-0.4, -0.2) is 53.5 Å². The van der Waals surface area contributed by atoms with Gasteiger partial charge in [-0.3, -0.25) is 9.78 Å². The molecule has 0 aliphatic carbocycles. The van der Waals surface area contributed by atoms with Crippen molar-refractivity contribution >= 4 is 11.7 Å². The second kappa shape index (κ2) is 6.47. The maximum absolute atomic E-state index is 12.0. The molecule has 0 spiro atoms. The fourth-order valence-corrected chi connectivity index (χ4v) is 1.29. The minimum Gasteiger partial charge on any atom is -0.369 e. The molecule has 1 heterocycles. The highest BCUT2D eigenvalue weighted by Gasteiger charge is 2.21. The van der Waals surface area contributed by atoms with Crippen molar-refractivity contribution in [2.75, 3.05) is 32.5 Å². The maximum atomic E-state index is 12.0. The number of aromatic nitrogens is 2. The molecular weight excluding hydrogens is 242 g/mol. The first-order valence-electron chi connectivity index (χ1n) is 6.38. The van der Waals surface area contributed by atoms with Crippen LogP contribution in [0.3, 0.4) is 0 Å². The highest BCUT2D eigenvalue weighted by molar-refractivity contribution is 5.92. The summed E-state index contributed by atoms with van der Waals surface area (Å²) in [6.45, 7) is 7.38. The van der Waals surface area contributed by atoms with Crippen molar-refractivity contribution in [2.45, 2.75) is 26.3 Å². The molecule has 0 saturated heterocycles. The molecule has 0 unspecified atom stereocenters. The predicted octanol–water partition coefficient (Wildman–Crippen LogP) is 0.978. The van der Waals surface area contributed by atoms with E-state index in [2.05, 4.69) is 39.3 Å². The van der Waals surface area contributed by atoms with Crippen LogP contribution in [0.5, 0.6) is 0 Å². The Labute approximate surface area is 114 Å². The number of hydrogen-bond donors (Lipinski definition) is 2. The Morgan fingerprint density at radius 3 is 2.63 bits per heavy atom. The maximum Gasteiger partial charge on any atom is 0.271 e. The zero-order valence-electron chi connectivity index (χ0n) is 12.3. The largest absolute Gasteiger partial charge is 0.369 e.